The number of unbranched alkanes of at least 4 members (excludes halogenated alkanes) is 1. The van der Waals surface area contributed by atoms with E-state index in [1.807, 2.05) is 30.3 Å². The molecular formula is C52H50F4IrN4-4. The van der Waals surface area contributed by atoms with Crippen molar-refractivity contribution in [2.24, 2.45) is 0 Å². The standard InChI is InChI=1S/C38H38F4N2.C14H12N2.Ir/c39-29-15-17-33(35(41)23-29)37-21-27(25-9-3-1-4-10-25)19-31(43-37)13-7-8-14-32-20-28(26-11-5-2-6-12-26)22-38(44-32)34-18-16-30(40)24-36(34)42;1-15-11-16(12-7-3-2-4-8-12)14-10-6-5-9-13(14)15;/h15-16,19-26H,1-14H2;2-7,9-11H,1H3;/q2*-2;. The first-order chi connectivity index (χ1) is 29.3. The van der Waals surface area contributed by atoms with Gasteiger partial charge in [-0.1, -0.05) is 97.2 Å². The van der Waals surface area contributed by atoms with Crippen LogP contribution in [-0.2, 0) is 32.9 Å². The molecule has 2 aliphatic carbocycles. The number of aromatic nitrogens is 2. The van der Waals surface area contributed by atoms with Gasteiger partial charge in [-0.15, -0.1) is 30.0 Å². The molecule has 6 aromatic rings. The Labute approximate surface area is 371 Å². The molecule has 2 aromatic heterocycles. The quantitative estimate of drug-likeness (QED) is 0.0778. The van der Waals surface area contributed by atoms with Gasteiger partial charge in [0.1, 0.15) is 0 Å². The van der Waals surface area contributed by atoms with E-state index in [1.165, 1.54) is 61.0 Å². The summed E-state index contributed by atoms with van der Waals surface area (Å²) in [5.41, 5.74) is 9.04. The zero-order valence-corrected chi connectivity index (χ0v) is 36.9. The number of halogens is 4. The van der Waals surface area contributed by atoms with Gasteiger partial charge < -0.3 is 19.8 Å². The molecule has 3 aliphatic rings. The summed E-state index contributed by atoms with van der Waals surface area (Å²) >= 11 is 0. The molecule has 0 saturated heterocycles. The number of benzene rings is 4. The van der Waals surface area contributed by atoms with E-state index in [4.69, 9.17) is 9.97 Å². The molecule has 9 heteroatoms. The molecule has 319 valence electrons. The molecule has 4 aromatic carbocycles. The van der Waals surface area contributed by atoms with Crippen LogP contribution >= 0.6 is 0 Å². The number of hydrogen-bond donors (Lipinski definition) is 0. The number of fused-ring (bicyclic) bond motifs is 1. The minimum atomic E-state index is -0.654. The van der Waals surface area contributed by atoms with Gasteiger partial charge in [0.15, 0.2) is 0 Å². The van der Waals surface area contributed by atoms with Crippen molar-refractivity contribution in [3.05, 3.63) is 168 Å². The normalized spacial score (nSPS) is 15.5. The fraction of sp³-hybridized carbons (Fsp3) is 0.327. The molecule has 4 nitrogen and oxygen atoms in total. The molecule has 0 spiro atoms. The fourth-order valence-corrected chi connectivity index (χ4v) is 8.96. The summed E-state index contributed by atoms with van der Waals surface area (Å²) in [6, 6.07) is 37.4. The van der Waals surface area contributed by atoms with Crippen LogP contribution in [0, 0.1) is 48.1 Å². The van der Waals surface area contributed by atoms with Crippen molar-refractivity contribution in [1.82, 2.24) is 9.97 Å². The molecule has 0 bridgehead atoms. The molecule has 3 heterocycles. The third kappa shape index (κ3) is 11.0. The van der Waals surface area contributed by atoms with Crippen molar-refractivity contribution < 1.29 is 37.7 Å². The first-order valence-electron chi connectivity index (χ1n) is 21.5. The number of aryl methyl sites for hydroxylation is 2. The third-order valence-corrected chi connectivity index (χ3v) is 12.1. The Hall–Kier alpha value is -4.85. The number of para-hydroxylation sites is 3. The average molecular weight is 999 g/mol. The molecule has 1 radical (unpaired) electrons. The Balaban J connectivity index is 0.000000275. The van der Waals surface area contributed by atoms with Crippen LogP contribution in [0.25, 0.3) is 22.5 Å². The molecule has 2 saturated carbocycles. The van der Waals surface area contributed by atoms with Crippen LogP contribution in [0.4, 0.5) is 34.6 Å². The van der Waals surface area contributed by atoms with Gasteiger partial charge in [-0.25, -0.2) is 0 Å². The van der Waals surface area contributed by atoms with Crippen molar-refractivity contribution in [2.75, 3.05) is 16.8 Å². The second-order valence-corrected chi connectivity index (χ2v) is 16.3. The second kappa shape index (κ2) is 20.8. The molecule has 0 amide bonds. The fourth-order valence-electron chi connectivity index (χ4n) is 8.96. The van der Waals surface area contributed by atoms with Crippen molar-refractivity contribution >= 4 is 17.1 Å². The van der Waals surface area contributed by atoms with E-state index < -0.39 is 23.3 Å². The monoisotopic (exact) mass is 999 g/mol. The Kier molecular flexibility index (Phi) is 15.1. The van der Waals surface area contributed by atoms with E-state index >= 15 is 0 Å². The van der Waals surface area contributed by atoms with Crippen LogP contribution in [0.1, 0.15) is 111 Å². The van der Waals surface area contributed by atoms with Crippen LogP contribution in [0.3, 0.4) is 0 Å². The molecule has 9 rings (SSSR count). The minimum Gasteiger partial charge on any atom is -0.504 e. The Bertz CT molecular complexity index is 2260. The van der Waals surface area contributed by atoms with Crippen LogP contribution in [0.15, 0.2) is 97.1 Å². The van der Waals surface area contributed by atoms with Gasteiger partial charge in [0.2, 0.25) is 0 Å². The first-order valence-corrected chi connectivity index (χ1v) is 21.5. The summed E-state index contributed by atoms with van der Waals surface area (Å²) in [4.78, 5) is 13.9. The van der Waals surface area contributed by atoms with E-state index in [0.717, 1.165) is 79.9 Å². The molecule has 1 aliphatic heterocycles. The van der Waals surface area contributed by atoms with E-state index in [9.17, 15) is 17.6 Å². The number of hydrogen-bond acceptors (Lipinski definition) is 4. The summed E-state index contributed by atoms with van der Waals surface area (Å²) in [7, 11) is 2.06. The van der Waals surface area contributed by atoms with E-state index in [0.29, 0.717) is 36.1 Å². The molecule has 61 heavy (non-hydrogen) atoms. The SMILES string of the molecule is CN1[CH-]N(c2[c-]cccc2)c2ccccc21.Fc1c[c-]c(-c2cc(C3CCCCC3)cc(CCCCc3cc(C4CCCCC4)cc(-c4[c-]cc(F)cc4F)n3)n2)c(F)c1.[Ir]. The minimum absolute atomic E-state index is 0. The Morgan fingerprint density at radius 2 is 1.10 bits per heavy atom. The predicted octanol–water partition coefficient (Wildman–Crippen LogP) is 13.8. The van der Waals surface area contributed by atoms with Crippen molar-refractivity contribution in [3.8, 4) is 22.5 Å². The molecule has 0 unspecified atom stereocenters. The van der Waals surface area contributed by atoms with E-state index in [-0.39, 0.29) is 31.2 Å². The van der Waals surface area contributed by atoms with Gasteiger partial charge >= 0.3 is 0 Å². The summed E-state index contributed by atoms with van der Waals surface area (Å²) in [6.45, 7) is 2.08. The number of pyridine rings is 2. The van der Waals surface area contributed by atoms with Gasteiger partial charge in [0.05, 0.1) is 0 Å². The topological polar surface area (TPSA) is 32.3 Å². The summed E-state index contributed by atoms with van der Waals surface area (Å²) in [5.74, 6) is -1.78. The van der Waals surface area contributed by atoms with E-state index in [1.54, 1.807) is 0 Å². The van der Waals surface area contributed by atoms with Gasteiger partial charge in [0.25, 0.3) is 0 Å². The smallest absolute Gasteiger partial charge is 0.0408 e. The maximum Gasteiger partial charge on any atom is 0.0408 e. The maximum atomic E-state index is 14.7. The first kappa shape index (κ1) is 44.2. The van der Waals surface area contributed by atoms with Gasteiger partial charge in [-0.3, -0.25) is 17.6 Å². The van der Waals surface area contributed by atoms with Gasteiger partial charge in [0, 0.05) is 66.1 Å². The summed E-state index contributed by atoms with van der Waals surface area (Å²) in [6.07, 6.45) is 14.8. The predicted molar refractivity (Wildman–Crippen MR) is 232 cm³/mol. The van der Waals surface area contributed by atoms with Crippen LogP contribution in [0.5, 0.6) is 0 Å². The summed E-state index contributed by atoms with van der Waals surface area (Å²) < 4.78 is 56.7. The average Bonchev–Trinajstić information content (AvgIpc) is 3.62. The van der Waals surface area contributed by atoms with Gasteiger partial charge in [-0.05, 0) is 106 Å². The van der Waals surface area contributed by atoms with Crippen molar-refractivity contribution in [3.63, 3.8) is 0 Å². The van der Waals surface area contributed by atoms with Crippen LogP contribution < -0.4 is 9.80 Å². The molecule has 0 N–H and O–H groups in total. The van der Waals surface area contributed by atoms with Crippen LogP contribution in [0.2, 0.25) is 0 Å². The second-order valence-electron chi connectivity index (χ2n) is 16.3. The zero-order valence-electron chi connectivity index (χ0n) is 34.5. The third-order valence-electron chi connectivity index (χ3n) is 12.1. The zero-order chi connectivity index (χ0) is 41.4. The number of anilines is 3. The molecule has 2 fully saturated rings. The Morgan fingerprint density at radius 3 is 1.57 bits per heavy atom. The Morgan fingerprint density at radius 1 is 0.607 bits per heavy atom. The van der Waals surface area contributed by atoms with Crippen LogP contribution in [-0.4, -0.2) is 17.0 Å². The largest absolute Gasteiger partial charge is 0.504 e. The van der Waals surface area contributed by atoms with Crippen molar-refractivity contribution in [1.29, 1.82) is 0 Å². The van der Waals surface area contributed by atoms with E-state index in [2.05, 4.69) is 84.2 Å². The maximum absolute atomic E-state index is 14.7. The van der Waals surface area contributed by atoms with Crippen molar-refractivity contribution in [2.45, 2.75) is 102 Å². The molecule has 0 atom stereocenters. The molecular weight excluding hydrogens is 949 g/mol. The van der Waals surface area contributed by atoms with Gasteiger partial charge in [-0.2, -0.15) is 37.0 Å². The summed E-state index contributed by atoms with van der Waals surface area (Å²) in [5, 5.41) is 0. The number of rotatable bonds is 10. The number of nitrogens with zero attached hydrogens (tertiary/aromatic N) is 4.